The number of hydrogen-bond acceptors (Lipinski definition) is 5. The summed E-state index contributed by atoms with van der Waals surface area (Å²) in [5, 5.41) is 8.39. The second-order valence-corrected chi connectivity index (χ2v) is 6.46. The molecule has 1 heterocycles. The first-order valence-electron chi connectivity index (χ1n) is 9.47. The number of amidine groups is 1. The van der Waals surface area contributed by atoms with Crippen molar-refractivity contribution in [3.05, 3.63) is 108 Å². The summed E-state index contributed by atoms with van der Waals surface area (Å²) in [4.78, 5) is 9.61. The Morgan fingerprint density at radius 2 is 1.57 bits per heavy atom. The maximum absolute atomic E-state index is 6.12. The van der Waals surface area contributed by atoms with E-state index in [1.807, 2.05) is 84.9 Å². The number of benzene rings is 3. The van der Waals surface area contributed by atoms with Gasteiger partial charge in [0.25, 0.3) is 0 Å². The number of aromatic nitrogens is 3. The number of rotatable bonds is 8. The number of nitrogens with zero attached hydrogens (tertiary/aromatic N) is 4. The van der Waals surface area contributed by atoms with Gasteiger partial charge in [-0.25, -0.2) is 9.67 Å². The Bertz CT molecular complexity index is 1110. The summed E-state index contributed by atoms with van der Waals surface area (Å²) in [5.41, 5.74) is 8.78. The lowest BCUT2D eigenvalue weighted by Gasteiger charge is -2.11. The second-order valence-electron chi connectivity index (χ2n) is 6.46. The molecule has 0 aliphatic rings. The predicted octanol–water partition coefficient (Wildman–Crippen LogP) is 3.68. The third-order valence-electron chi connectivity index (χ3n) is 4.32. The van der Waals surface area contributed by atoms with E-state index >= 15 is 0 Å². The van der Waals surface area contributed by atoms with Gasteiger partial charge in [0, 0.05) is 0 Å². The van der Waals surface area contributed by atoms with Crippen molar-refractivity contribution in [3.63, 3.8) is 0 Å². The van der Waals surface area contributed by atoms with Crippen molar-refractivity contribution >= 4 is 5.84 Å². The quantitative estimate of drug-likeness (QED) is 0.277. The Kier molecular flexibility index (Phi) is 6.00. The summed E-state index contributed by atoms with van der Waals surface area (Å²) in [7, 11) is 0. The van der Waals surface area contributed by atoms with Crippen molar-refractivity contribution in [2.24, 2.45) is 10.9 Å². The smallest absolute Gasteiger partial charge is 0.191 e. The third kappa shape index (κ3) is 4.82. The molecule has 0 unspecified atom stereocenters. The normalized spacial score (nSPS) is 11.3. The monoisotopic (exact) mass is 399 g/mol. The highest BCUT2D eigenvalue weighted by Crippen LogP contribution is 2.19. The van der Waals surface area contributed by atoms with Crippen LogP contribution in [-0.4, -0.2) is 20.6 Å². The Labute approximate surface area is 174 Å². The highest BCUT2D eigenvalue weighted by atomic mass is 16.6. The maximum atomic E-state index is 6.12. The highest BCUT2D eigenvalue weighted by molar-refractivity contribution is 5.99. The van der Waals surface area contributed by atoms with Crippen LogP contribution in [0.2, 0.25) is 0 Å². The van der Waals surface area contributed by atoms with Crippen molar-refractivity contribution in [2.75, 3.05) is 0 Å². The van der Waals surface area contributed by atoms with Crippen LogP contribution in [0.15, 0.2) is 96.4 Å². The lowest BCUT2D eigenvalue weighted by atomic mass is 10.2. The van der Waals surface area contributed by atoms with Gasteiger partial charge in [0.15, 0.2) is 18.3 Å². The summed E-state index contributed by atoms with van der Waals surface area (Å²) < 4.78 is 7.60. The first-order valence-corrected chi connectivity index (χ1v) is 9.47. The van der Waals surface area contributed by atoms with E-state index in [-0.39, 0.29) is 12.4 Å². The van der Waals surface area contributed by atoms with Crippen molar-refractivity contribution in [3.8, 4) is 11.4 Å². The van der Waals surface area contributed by atoms with E-state index in [4.69, 9.17) is 15.3 Å². The van der Waals surface area contributed by atoms with Gasteiger partial charge in [-0.3, -0.25) is 0 Å². The van der Waals surface area contributed by atoms with Gasteiger partial charge in [-0.15, -0.1) is 5.10 Å². The summed E-state index contributed by atoms with van der Waals surface area (Å²) in [6.07, 6.45) is 1.63. The molecule has 0 aliphatic carbocycles. The molecule has 7 nitrogen and oxygen atoms in total. The summed E-state index contributed by atoms with van der Waals surface area (Å²) in [6.45, 7) is 0.542. The van der Waals surface area contributed by atoms with Gasteiger partial charge >= 0.3 is 0 Å². The first kappa shape index (κ1) is 19.2. The average Bonchev–Trinajstić information content (AvgIpc) is 3.28. The molecule has 1 aromatic heterocycles. The zero-order valence-corrected chi connectivity index (χ0v) is 16.3. The van der Waals surface area contributed by atoms with Crippen LogP contribution in [0.25, 0.3) is 5.69 Å². The lowest BCUT2D eigenvalue weighted by molar-refractivity contribution is 0.124. The molecule has 150 valence electrons. The number of nitrogens with two attached hydrogens (primary N) is 1. The fourth-order valence-electron chi connectivity index (χ4n) is 2.82. The molecule has 0 saturated carbocycles. The SMILES string of the molecule is NC(=NOCc1ncn(-c2ccccc2)n1)c1ccccc1OCc1ccccc1. The molecule has 4 aromatic rings. The molecule has 0 spiro atoms. The van der Waals surface area contributed by atoms with Gasteiger partial charge in [-0.2, -0.15) is 0 Å². The third-order valence-corrected chi connectivity index (χ3v) is 4.32. The molecule has 0 saturated heterocycles. The highest BCUT2D eigenvalue weighted by Gasteiger charge is 2.09. The molecule has 0 bridgehead atoms. The Balaban J connectivity index is 1.39. The number of oxime groups is 1. The van der Waals surface area contributed by atoms with Gasteiger partial charge in [-0.05, 0) is 29.8 Å². The zero-order valence-electron chi connectivity index (χ0n) is 16.3. The van der Waals surface area contributed by atoms with Crippen LogP contribution in [0.3, 0.4) is 0 Å². The van der Waals surface area contributed by atoms with Gasteiger partial charge in [0.1, 0.15) is 18.7 Å². The van der Waals surface area contributed by atoms with Gasteiger partial charge in [0.05, 0.1) is 11.3 Å². The fourth-order valence-corrected chi connectivity index (χ4v) is 2.82. The molecular weight excluding hydrogens is 378 g/mol. The summed E-state index contributed by atoms with van der Waals surface area (Å²) >= 11 is 0. The van der Waals surface area contributed by atoms with Crippen LogP contribution in [0.1, 0.15) is 17.0 Å². The topological polar surface area (TPSA) is 87.6 Å². The number of hydrogen-bond donors (Lipinski definition) is 1. The summed E-state index contributed by atoms with van der Waals surface area (Å²) in [6, 6.07) is 27.1. The molecule has 4 rings (SSSR count). The van der Waals surface area contributed by atoms with E-state index in [1.165, 1.54) is 0 Å². The predicted molar refractivity (Wildman–Crippen MR) is 114 cm³/mol. The maximum Gasteiger partial charge on any atom is 0.191 e. The van der Waals surface area contributed by atoms with Crippen LogP contribution >= 0.6 is 0 Å². The molecule has 0 fully saturated rings. The Morgan fingerprint density at radius 1 is 0.867 bits per heavy atom. The van der Waals surface area contributed by atoms with E-state index < -0.39 is 0 Å². The van der Waals surface area contributed by atoms with Crippen molar-refractivity contribution in [1.29, 1.82) is 0 Å². The van der Waals surface area contributed by atoms with E-state index in [0.29, 0.717) is 23.7 Å². The largest absolute Gasteiger partial charge is 0.488 e. The molecule has 30 heavy (non-hydrogen) atoms. The molecule has 0 aliphatic heterocycles. The number of ether oxygens (including phenoxy) is 1. The average molecular weight is 399 g/mol. The minimum Gasteiger partial charge on any atom is -0.488 e. The van der Waals surface area contributed by atoms with Gasteiger partial charge in [0.2, 0.25) is 0 Å². The molecular formula is C23H21N5O2. The Hall–Kier alpha value is -4.13. The van der Waals surface area contributed by atoms with E-state index in [2.05, 4.69) is 15.2 Å². The zero-order chi connectivity index (χ0) is 20.6. The first-order chi connectivity index (χ1) is 14.8. The van der Waals surface area contributed by atoms with Crippen LogP contribution in [0.5, 0.6) is 5.75 Å². The van der Waals surface area contributed by atoms with E-state index in [0.717, 1.165) is 11.3 Å². The van der Waals surface area contributed by atoms with Crippen LogP contribution < -0.4 is 10.5 Å². The Morgan fingerprint density at radius 3 is 2.37 bits per heavy atom. The van der Waals surface area contributed by atoms with E-state index in [9.17, 15) is 0 Å². The van der Waals surface area contributed by atoms with Crippen LogP contribution in [-0.2, 0) is 18.1 Å². The molecule has 3 aromatic carbocycles. The molecule has 7 heteroatoms. The van der Waals surface area contributed by atoms with Crippen molar-refractivity contribution in [1.82, 2.24) is 14.8 Å². The molecule has 0 amide bonds. The van der Waals surface area contributed by atoms with Crippen molar-refractivity contribution < 1.29 is 9.57 Å². The lowest BCUT2D eigenvalue weighted by Crippen LogP contribution is -2.15. The number of para-hydroxylation sites is 2. The van der Waals surface area contributed by atoms with Crippen molar-refractivity contribution in [2.45, 2.75) is 13.2 Å². The van der Waals surface area contributed by atoms with Gasteiger partial charge < -0.3 is 15.3 Å². The minimum absolute atomic E-state index is 0.105. The second kappa shape index (κ2) is 9.38. The fraction of sp³-hybridized carbons (Fsp3) is 0.0870. The minimum atomic E-state index is 0.105. The van der Waals surface area contributed by atoms with Gasteiger partial charge in [-0.1, -0.05) is 65.8 Å². The molecule has 0 atom stereocenters. The standard InChI is InChI=1S/C23H21N5O2/c24-23(20-13-7-8-14-21(20)29-15-18-9-3-1-4-10-18)27-30-16-22-25-17-28(26-22)19-11-5-2-6-12-19/h1-14,17H,15-16H2,(H2,24,27). The molecule has 2 N–H and O–H groups in total. The summed E-state index contributed by atoms with van der Waals surface area (Å²) in [5.74, 6) is 1.36. The van der Waals surface area contributed by atoms with E-state index in [1.54, 1.807) is 11.0 Å². The van der Waals surface area contributed by atoms with Crippen LogP contribution in [0, 0.1) is 0 Å². The molecule has 0 radical (unpaired) electrons. The van der Waals surface area contributed by atoms with Crippen LogP contribution in [0.4, 0.5) is 0 Å².